The molecular formula is C15H22ClNO3S. The monoisotopic (exact) mass is 331 g/mol. The van der Waals surface area contributed by atoms with Crippen LogP contribution in [0.2, 0.25) is 0 Å². The van der Waals surface area contributed by atoms with Gasteiger partial charge in [0.2, 0.25) is 0 Å². The van der Waals surface area contributed by atoms with Gasteiger partial charge in [-0.3, -0.25) is 4.79 Å². The summed E-state index contributed by atoms with van der Waals surface area (Å²) in [5.41, 5.74) is 0.345. The van der Waals surface area contributed by atoms with E-state index in [1.54, 1.807) is 11.0 Å². The highest BCUT2D eigenvalue weighted by Gasteiger charge is 2.20. The van der Waals surface area contributed by atoms with Gasteiger partial charge < -0.3 is 4.90 Å². The third kappa shape index (κ3) is 5.67. The Morgan fingerprint density at radius 2 is 1.67 bits per heavy atom. The van der Waals surface area contributed by atoms with Crippen molar-refractivity contribution < 1.29 is 13.2 Å². The zero-order valence-electron chi connectivity index (χ0n) is 12.8. The second kappa shape index (κ2) is 7.27. The number of hydrogen-bond acceptors (Lipinski definition) is 3. The zero-order valence-corrected chi connectivity index (χ0v) is 14.4. The van der Waals surface area contributed by atoms with Crippen molar-refractivity contribution in [3.8, 4) is 0 Å². The van der Waals surface area contributed by atoms with E-state index >= 15 is 0 Å². The first kappa shape index (κ1) is 18.0. The molecule has 0 heterocycles. The van der Waals surface area contributed by atoms with E-state index in [1.165, 1.54) is 18.2 Å². The fourth-order valence-corrected chi connectivity index (χ4v) is 2.88. The maximum atomic E-state index is 12.6. The maximum Gasteiger partial charge on any atom is 0.261 e. The van der Waals surface area contributed by atoms with Crippen LogP contribution in [0.15, 0.2) is 29.2 Å². The van der Waals surface area contributed by atoms with Crippen LogP contribution in [0.5, 0.6) is 0 Å². The summed E-state index contributed by atoms with van der Waals surface area (Å²) in [5, 5.41) is 0. The van der Waals surface area contributed by atoms with E-state index in [9.17, 15) is 13.2 Å². The molecule has 1 amide bonds. The quantitative estimate of drug-likeness (QED) is 0.751. The number of carbonyl (C=O) groups excluding carboxylic acids is 1. The van der Waals surface area contributed by atoms with Crippen LogP contribution in [0.1, 0.15) is 38.1 Å². The predicted octanol–water partition coefficient (Wildman–Crippen LogP) is 3.37. The summed E-state index contributed by atoms with van der Waals surface area (Å²) in [6.07, 6.45) is 0. The lowest BCUT2D eigenvalue weighted by Crippen LogP contribution is -2.37. The minimum Gasteiger partial charge on any atom is -0.338 e. The molecule has 0 saturated carbocycles. The molecule has 0 fully saturated rings. The molecule has 21 heavy (non-hydrogen) atoms. The van der Waals surface area contributed by atoms with Gasteiger partial charge in [-0.25, -0.2) is 8.42 Å². The molecule has 0 bridgehead atoms. The van der Waals surface area contributed by atoms with E-state index in [0.29, 0.717) is 30.5 Å². The Kier molecular flexibility index (Phi) is 6.23. The van der Waals surface area contributed by atoms with E-state index in [2.05, 4.69) is 0 Å². The number of hydrogen-bond donors (Lipinski definition) is 0. The Morgan fingerprint density at radius 3 is 2.10 bits per heavy atom. The van der Waals surface area contributed by atoms with Crippen LogP contribution in [-0.4, -0.2) is 32.3 Å². The Morgan fingerprint density at radius 1 is 1.14 bits per heavy atom. The van der Waals surface area contributed by atoms with Gasteiger partial charge in [0, 0.05) is 29.3 Å². The maximum absolute atomic E-state index is 12.6. The molecule has 0 aromatic heterocycles. The lowest BCUT2D eigenvalue weighted by Gasteiger charge is -2.26. The van der Waals surface area contributed by atoms with Crippen LogP contribution in [0.4, 0.5) is 0 Å². The van der Waals surface area contributed by atoms with Crippen molar-refractivity contribution in [2.45, 2.75) is 32.6 Å². The molecule has 4 nitrogen and oxygen atoms in total. The van der Waals surface area contributed by atoms with E-state index in [-0.39, 0.29) is 10.8 Å². The molecule has 118 valence electrons. The molecule has 0 aliphatic carbocycles. The SMILES string of the molecule is CC(C)CN(CC(C)C)C(=O)c1cccc(S(=O)(=O)Cl)c1. The Hall–Kier alpha value is -1.07. The fraction of sp³-hybridized carbons (Fsp3) is 0.533. The summed E-state index contributed by atoms with van der Waals surface area (Å²) in [5.74, 6) is 0.514. The Balaban J connectivity index is 3.08. The van der Waals surface area contributed by atoms with E-state index in [1.807, 2.05) is 27.7 Å². The van der Waals surface area contributed by atoms with Crippen LogP contribution in [0.3, 0.4) is 0 Å². The lowest BCUT2D eigenvalue weighted by atomic mass is 10.1. The van der Waals surface area contributed by atoms with E-state index in [4.69, 9.17) is 10.7 Å². The van der Waals surface area contributed by atoms with Gasteiger partial charge in [0.15, 0.2) is 0 Å². The van der Waals surface area contributed by atoms with Crippen LogP contribution >= 0.6 is 10.7 Å². The topological polar surface area (TPSA) is 54.5 Å². The number of nitrogens with zero attached hydrogens (tertiary/aromatic N) is 1. The summed E-state index contributed by atoms with van der Waals surface area (Å²) in [6, 6.07) is 5.86. The van der Waals surface area contributed by atoms with Crippen molar-refractivity contribution in [2.75, 3.05) is 13.1 Å². The predicted molar refractivity (Wildman–Crippen MR) is 85.1 cm³/mol. The van der Waals surface area contributed by atoms with Crippen molar-refractivity contribution in [3.05, 3.63) is 29.8 Å². The van der Waals surface area contributed by atoms with Crippen LogP contribution in [0, 0.1) is 11.8 Å². The van der Waals surface area contributed by atoms with Gasteiger partial charge in [0.25, 0.3) is 15.0 Å². The molecule has 0 spiro atoms. The highest BCUT2D eigenvalue weighted by molar-refractivity contribution is 8.13. The van der Waals surface area contributed by atoms with Crippen molar-refractivity contribution in [1.29, 1.82) is 0 Å². The summed E-state index contributed by atoms with van der Waals surface area (Å²) in [7, 11) is 1.50. The number of carbonyl (C=O) groups is 1. The van der Waals surface area contributed by atoms with Gasteiger partial charge in [-0.15, -0.1) is 0 Å². The zero-order chi connectivity index (χ0) is 16.2. The summed E-state index contributed by atoms with van der Waals surface area (Å²) in [4.78, 5) is 14.3. The molecule has 0 saturated heterocycles. The lowest BCUT2D eigenvalue weighted by molar-refractivity contribution is 0.0715. The molecule has 1 rings (SSSR count). The first-order valence-corrected chi connectivity index (χ1v) is 9.26. The third-order valence-electron chi connectivity index (χ3n) is 2.82. The minimum absolute atomic E-state index is 0.0518. The molecule has 1 aromatic rings. The average Bonchev–Trinajstić information content (AvgIpc) is 2.35. The molecule has 1 aromatic carbocycles. The summed E-state index contributed by atoms with van der Waals surface area (Å²) in [6.45, 7) is 9.44. The highest BCUT2D eigenvalue weighted by atomic mass is 35.7. The molecule has 0 atom stereocenters. The summed E-state index contributed by atoms with van der Waals surface area (Å²) < 4.78 is 22.7. The van der Waals surface area contributed by atoms with Gasteiger partial charge in [0.05, 0.1) is 4.90 Å². The van der Waals surface area contributed by atoms with Crippen LogP contribution in [0.25, 0.3) is 0 Å². The third-order valence-corrected chi connectivity index (χ3v) is 4.17. The van der Waals surface area contributed by atoms with Crippen molar-refractivity contribution in [3.63, 3.8) is 0 Å². The fourth-order valence-electron chi connectivity index (χ4n) is 2.09. The van der Waals surface area contributed by atoms with E-state index in [0.717, 1.165) is 0 Å². The Bertz CT molecular complexity index is 587. The normalized spacial score (nSPS) is 12.0. The first-order chi connectivity index (χ1) is 9.61. The number of halogens is 1. The molecule has 0 N–H and O–H groups in total. The van der Waals surface area contributed by atoms with Gasteiger partial charge in [0.1, 0.15) is 0 Å². The Labute approximate surface area is 131 Å². The first-order valence-electron chi connectivity index (χ1n) is 6.95. The molecular weight excluding hydrogens is 310 g/mol. The molecule has 0 aliphatic heterocycles. The van der Waals surface area contributed by atoms with Gasteiger partial charge in [-0.05, 0) is 30.0 Å². The van der Waals surface area contributed by atoms with Gasteiger partial charge in [-0.1, -0.05) is 33.8 Å². The van der Waals surface area contributed by atoms with Gasteiger partial charge in [-0.2, -0.15) is 0 Å². The minimum atomic E-state index is -3.83. The molecule has 0 unspecified atom stereocenters. The molecule has 6 heteroatoms. The number of rotatable bonds is 6. The average molecular weight is 332 g/mol. The molecule has 0 radical (unpaired) electrons. The van der Waals surface area contributed by atoms with Crippen LogP contribution in [-0.2, 0) is 9.05 Å². The van der Waals surface area contributed by atoms with Crippen molar-refractivity contribution in [2.24, 2.45) is 11.8 Å². The second-order valence-corrected chi connectivity index (χ2v) is 8.53. The van der Waals surface area contributed by atoms with Crippen molar-refractivity contribution in [1.82, 2.24) is 4.90 Å². The highest BCUT2D eigenvalue weighted by Crippen LogP contribution is 2.18. The standard InChI is InChI=1S/C15H22ClNO3S/c1-11(2)9-17(10-12(3)4)15(18)13-6-5-7-14(8-13)21(16,19)20/h5-8,11-12H,9-10H2,1-4H3. The van der Waals surface area contributed by atoms with Gasteiger partial charge >= 0.3 is 0 Å². The molecule has 0 aliphatic rings. The van der Waals surface area contributed by atoms with Crippen molar-refractivity contribution >= 4 is 25.6 Å². The second-order valence-electron chi connectivity index (χ2n) is 5.96. The summed E-state index contributed by atoms with van der Waals surface area (Å²) >= 11 is 0. The van der Waals surface area contributed by atoms with E-state index < -0.39 is 9.05 Å². The number of amides is 1. The number of benzene rings is 1. The largest absolute Gasteiger partial charge is 0.338 e. The van der Waals surface area contributed by atoms with Crippen LogP contribution < -0.4 is 0 Å². The smallest absolute Gasteiger partial charge is 0.261 e.